The Kier molecular flexibility index (Phi) is 6.17. The molecule has 0 saturated heterocycles. The molecular formula is C23H24ClN5. The highest BCUT2D eigenvalue weighted by Crippen LogP contribution is 2.23. The van der Waals surface area contributed by atoms with Crippen LogP contribution in [0, 0.1) is 0 Å². The van der Waals surface area contributed by atoms with Crippen molar-refractivity contribution in [2.75, 3.05) is 13.6 Å². The fourth-order valence-electron chi connectivity index (χ4n) is 3.35. The lowest BCUT2D eigenvalue weighted by atomic mass is 10.1. The molecule has 148 valence electrons. The van der Waals surface area contributed by atoms with Crippen LogP contribution >= 0.6 is 11.6 Å². The summed E-state index contributed by atoms with van der Waals surface area (Å²) >= 11 is 6.05. The molecule has 1 N–H and O–H groups in total. The predicted octanol–water partition coefficient (Wildman–Crippen LogP) is 5.04. The van der Waals surface area contributed by atoms with Crippen LogP contribution in [0.25, 0.3) is 28.3 Å². The Morgan fingerprint density at radius 2 is 1.69 bits per heavy atom. The SMILES string of the molecule is CNCCCCCc1nc(-c2ccc(Cl)cc2)nc2cc(-c3ccccc3)nn12. The molecule has 0 bridgehead atoms. The van der Waals surface area contributed by atoms with Crippen LogP contribution in [-0.4, -0.2) is 33.2 Å². The molecule has 5 nitrogen and oxygen atoms in total. The largest absolute Gasteiger partial charge is 0.320 e. The second kappa shape index (κ2) is 9.16. The van der Waals surface area contributed by atoms with Crippen LogP contribution in [0.15, 0.2) is 60.7 Å². The monoisotopic (exact) mass is 405 g/mol. The van der Waals surface area contributed by atoms with E-state index in [4.69, 9.17) is 26.7 Å². The first kappa shape index (κ1) is 19.6. The van der Waals surface area contributed by atoms with Gasteiger partial charge in [-0.3, -0.25) is 0 Å². The minimum atomic E-state index is 0.704. The number of rotatable bonds is 8. The molecule has 0 unspecified atom stereocenters. The van der Waals surface area contributed by atoms with Gasteiger partial charge in [-0.05, 0) is 50.7 Å². The van der Waals surface area contributed by atoms with Gasteiger partial charge in [-0.25, -0.2) is 14.5 Å². The van der Waals surface area contributed by atoms with Gasteiger partial charge in [-0.1, -0.05) is 48.4 Å². The van der Waals surface area contributed by atoms with E-state index in [0.29, 0.717) is 10.8 Å². The molecule has 2 heterocycles. The maximum atomic E-state index is 6.05. The van der Waals surface area contributed by atoms with Crippen molar-refractivity contribution in [2.45, 2.75) is 25.7 Å². The van der Waals surface area contributed by atoms with Gasteiger partial charge in [0.05, 0.1) is 5.69 Å². The Morgan fingerprint density at radius 1 is 0.897 bits per heavy atom. The Balaban J connectivity index is 1.72. The molecule has 0 radical (unpaired) electrons. The standard InChI is InChI=1S/C23H24ClN5/c1-25-15-7-3-6-10-21-26-23(18-11-13-19(24)14-12-18)27-22-16-20(28-29(21)22)17-8-4-2-5-9-17/h2,4-5,8-9,11-14,16,25H,3,6-7,10,15H2,1H3. The molecule has 0 atom stereocenters. The van der Waals surface area contributed by atoms with Gasteiger partial charge in [-0.15, -0.1) is 0 Å². The van der Waals surface area contributed by atoms with Crippen molar-refractivity contribution in [3.05, 3.63) is 71.5 Å². The number of hydrogen-bond donors (Lipinski definition) is 1. The number of benzene rings is 2. The highest BCUT2D eigenvalue weighted by atomic mass is 35.5. The third-order valence-corrected chi connectivity index (χ3v) is 5.14. The van der Waals surface area contributed by atoms with E-state index in [1.54, 1.807) is 0 Å². The summed E-state index contributed by atoms with van der Waals surface area (Å²) in [6, 6.07) is 19.9. The van der Waals surface area contributed by atoms with E-state index in [0.717, 1.165) is 60.5 Å². The smallest absolute Gasteiger partial charge is 0.163 e. The van der Waals surface area contributed by atoms with Gasteiger partial charge < -0.3 is 5.32 Å². The highest BCUT2D eigenvalue weighted by Gasteiger charge is 2.13. The number of hydrogen-bond acceptors (Lipinski definition) is 4. The molecule has 4 rings (SSSR count). The van der Waals surface area contributed by atoms with Gasteiger partial charge in [0.15, 0.2) is 11.5 Å². The Hall–Kier alpha value is -2.76. The predicted molar refractivity (Wildman–Crippen MR) is 118 cm³/mol. The molecule has 0 amide bonds. The van der Waals surface area contributed by atoms with Crippen molar-refractivity contribution in [3.63, 3.8) is 0 Å². The Bertz CT molecular complexity index is 1070. The molecule has 0 saturated carbocycles. The van der Waals surface area contributed by atoms with E-state index in [-0.39, 0.29) is 0 Å². The summed E-state index contributed by atoms with van der Waals surface area (Å²) in [6.45, 7) is 1.04. The van der Waals surface area contributed by atoms with Crippen molar-refractivity contribution >= 4 is 17.2 Å². The lowest BCUT2D eigenvalue weighted by Gasteiger charge is -2.07. The van der Waals surface area contributed by atoms with Gasteiger partial charge in [0.1, 0.15) is 5.82 Å². The average Bonchev–Trinajstić information content (AvgIpc) is 3.19. The topological polar surface area (TPSA) is 55.1 Å². The second-order valence-electron chi connectivity index (χ2n) is 7.05. The Labute approximate surface area is 175 Å². The summed E-state index contributed by atoms with van der Waals surface area (Å²) in [5.74, 6) is 1.64. The molecule has 2 aromatic carbocycles. The van der Waals surface area contributed by atoms with Crippen LogP contribution < -0.4 is 5.32 Å². The van der Waals surface area contributed by atoms with Crippen LogP contribution in [-0.2, 0) is 6.42 Å². The van der Waals surface area contributed by atoms with Gasteiger partial charge in [-0.2, -0.15) is 5.10 Å². The zero-order chi connectivity index (χ0) is 20.1. The number of nitrogens with zero attached hydrogens (tertiary/aromatic N) is 4. The number of halogens is 1. The maximum absolute atomic E-state index is 6.05. The number of nitrogens with one attached hydrogen (secondary N) is 1. The van der Waals surface area contributed by atoms with E-state index < -0.39 is 0 Å². The first-order valence-corrected chi connectivity index (χ1v) is 10.3. The molecule has 0 aliphatic carbocycles. The number of fused-ring (bicyclic) bond motifs is 1. The lowest BCUT2D eigenvalue weighted by Crippen LogP contribution is -2.09. The first-order chi connectivity index (χ1) is 14.2. The first-order valence-electron chi connectivity index (χ1n) is 9.97. The van der Waals surface area contributed by atoms with Crippen molar-refractivity contribution in [3.8, 4) is 22.6 Å². The summed E-state index contributed by atoms with van der Waals surface area (Å²) < 4.78 is 1.89. The molecule has 4 aromatic rings. The summed E-state index contributed by atoms with van der Waals surface area (Å²) in [7, 11) is 1.99. The van der Waals surface area contributed by atoms with Gasteiger partial charge >= 0.3 is 0 Å². The van der Waals surface area contributed by atoms with Crippen molar-refractivity contribution < 1.29 is 0 Å². The lowest BCUT2D eigenvalue weighted by molar-refractivity contribution is 0.622. The van der Waals surface area contributed by atoms with E-state index in [9.17, 15) is 0 Å². The summed E-state index contributed by atoms with van der Waals surface area (Å²) in [5.41, 5.74) is 3.75. The molecule has 0 aliphatic heterocycles. The van der Waals surface area contributed by atoms with Crippen LogP contribution in [0.4, 0.5) is 0 Å². The van der Waals surface area contributed by atoms with Crippen molar-refractivity contribution in [1.82, 2.24) is 24.9 Å². The van der Waals surface area contributed by atoms with Crippen LogP contribution in [0.2, 0.25) is 5.02 Å². The van der Waals surface area contributed by atoms with Crippen LogP contribution in [0.5, 0.6) is 0 Å². The number of unbranched alkanes of at least 4 members (excludes halogenated alkanes) is 2. The van der Waals surface area contributed by atoms with Crippen molar-refractivity contribution in [2.24, 2.45) is 0 Å². The van der Waals surface area contributed by atoms with Crippen LogP contribution in [0.1, 0.15) is 25.1 Å². The third-order valence-electron chi connectivity index (χ3n) is 4.89. The molecule has 29 heavy (non-hydrogen) atoms. The maximum Gasteiger partial charge on any atom is 0.163 e. The van der Waals surface area contributed by atoms with Crippen LogP contribution in [0.3, 0.4) is 0 Å². The minimum Gasteiger partial charge on any atom is -0.320 e. The molecule has 6 heteroatoms. The second-order valence-corrected chi connectivity index (χ2v) is 7.49. The van der Waals surface area contributed by atoms with E-state index in [2.05, 4.69) is 17.4 Å². The number of aromatic nitrogens is 4. The zero-order valence-corrected chi connectivity index (χ0v) is 17.2. The fraction of sp³-hybridized carbons (Fsp3) is 0.261. The summed E-state index contributed by atoms with van der Waals surface area (Å²) in [5, 5.41) is 8.71. The fourth-order valence-corrected chi connectivity index (χ4v) is 3.47. The summed E-state index contributed by atoms with van der Waals surface area (Å²) in [4.78, 5) is 9.63. The van der Waals surface area contributed by atoms with Gasteiger partial charge in [0, 0.05) is 28.6 Å². The molecule has 0 spiro atoms. The van der Waals surface area contributed by atoms with E-state index >= 15 is 0 Å². The molecular weight excluding hydrogens is 382 g/mol. The quantitative estimate of drug-likeness (QED) is 0.417. The van der Waals surface area contributed by atoms with Gasteiger partial charge in [0.2, 0.25) is 0 Å². The van der Waals surface area contributed by atoms with Gasteiger partial charge in [0.25, 0.3) is 0 Å². The van der Waals surface area contributed by atoms with E-state index in [1.807, 2.05) is 60.1 Å². The molecule has 2 aromatic heterocycles. The average molecular weight is 406 g/mol. The van der Waals surface area contributed by atoms with E-state index in [1.165, 1.54) is 0 Å². The Morgan fingerprint density at radius 3 is 2.45 bits per heavy atom. The third kappa shape index (κ3) is 4.63. The highest BCUT2D eigenvalue weighted by molar-refractivity contribution is 6.30. The summed E-state index contributed by atoms with van der Waals surface area (Å²) in [6.07, 6.45) is 4.23. The minimum absolute atomic E-state index is 0.704. The normalized spacial score (nSPS) is 11.2. The molecule has 0 fully saturated rings. The zero-order valence-electron chi connectivity index (χ0n) is 16.5. The van der Waals surface area contributed by atoms with Crippen molar-refractivity contribution in [1.29, 1.82) is 0 Å². The number of aryl methyl sites for hydroxylation is 1. The molecule has 0 aliphatic rings.